The molecule has 0 radical (unpaired) electrons. The van der Waals surface area contributed by atoms with Crippen molar-refractivity contribution >= 4 is 0 Å². The van der Waals surface area contributed by atoms with E-state index in [1.165, 1.54) is 57.8 Å². The Hall–Kier alpha value is -0.300. The van der Waals surface area contributed by atoms with Gasteiger partial charge in [0.05, 0.1) is 5.60 Å². The molecule has 3 fully saturated rings. The maximum atomic E-state index is 11.6. The van der Waals surface area contributed by atoms with E-state index in [4.69, 9.17) is 0 Å². The standard InChI is InChI=1S/C19H30O/c1-17-10-5-12-19(17,20)16-8-7-14-6-3-4-11-18(14,2)15(16)9-13-17/h6,15-16,20H,3-5,7-13H2,1-2H3/t15-,16+,17-,18-,19+/m0/s1. The monoisotopic (exact) mass is 274 g/mol. The number of aliphatic hydroxyl groups is 1. The second kappa shape index (κ2) is 4.12. The molecule has 0 aromatic heterocycles. The fraction of sp³-hybridized carbons (Fsp3) is 0.895. The van der Waals surface area contributed by atoms with E-state index in [9.17, 15) is 5.11 Å². The fourth-order valence-corrected chi connectivity index (χ4v) is 6.71. The van der Waals surface area contributed by atoms with Crippen LogP contribution >= 0.6 is 0 Å². The zero-order valence-electron chi connectivity index (χ0n) is 13.3. The van der Waals surface area contributed by atoms with E-state index < -0.39 is 0 Å². The van der Waals surface area contributed by atoms with E-state index in [0.717, 1.165) is 12.3 Å². The molecule has 1 N–H and O–H groups in total. The third-order valence-corrected chi connectivity index (χ3v) is 8.01. The van der Waals surface area contributed by atoms with Crippen molar-refractivity contribution in [3.8, 4) is 0 Å². The SMILES string of the molecule is C[C@@]12CCC[C@@]1(O)[C@@H]1CCC3=CCCC[C@]3(C)[C@H]1CC2. The molecule has 1 heteroatoms. The van der Waals surface area contributed by atoms with Crippen LogP contribution in [0.5, 0.6) is 0 Å². The molecule has 0 bridgehead atoms. The van der Waals surface area contributed by atoms with Crippen molar-refractivity contribution in [2.45, 2.75) is 83.7 Å². The Morgan fingerprint density at radius 2 is 1.85 bits per heavy atom. The van der Waals surface area contributed by atoms with Crippen molar-refractivity contribution in [3.05, 3.63) is 11.6 Å². The largest absolute Gasteiger partial charge is 0.389 e. The predicted octanol–water partition coefficient (Wildman–Crippen LogP) is 4.84. The van der Waals surface area contributed by atoms with Crippen LogP contribution in [0.3, 0.4) is 0 Å². The lowest BCUT2D eigenvalue weighted by molar-refractivity contribution is -0.173. The Morgan fingerprint density at radius 1 is 1.00 bits per heavy atom. The average molecular weight is 274 g/mol. The summed E-state index contributed by atoms with van der Waals surface area (Å²) in [6.07, 6.45) is 15.3. The van der Waals surface area contributed by atoms with Crippen LogP contribution in [-0.4, -0.2) is 10.7 Å². The van der Waals surface area contributed by atoms with Crippen LogP contribution in [0.25, 0.3) is 0 Å². The molecule has 3 saturated carbocycles. The Bertz CT molecular complexity index is 453. The summed E-state index contributed by atoms with van der Waals surface area (Å²) in [4.78, 5) is 0. The topological polar surface area (TPSA) is 20.2 Å². The maximum Gasteiger partial charge on any atom is 0.0732 e. The van der Waals surface area contributed by atoms with Gasteiger partial charge in [0.15, 0.2) is 0 Å². The van der Waals surface area contributed by atoms with Gasteiger partial charge < -0.3 is 5.11 Å². The molecule has 0 aromatic carbocycles. The van der Waals surface area contributed by atoms with Crippen LogP contribution in [0.1, 0.15) is 78.1 Å². The second-order valence-electron chi connectivity index (χ2n) is 8.67. The molecule has 0 amide bonds. The van der Waals surface area contributed by atoms with Crippen molar-refractivity contribution in [3.63, 3.8) is 0 Å². The van der Waals surface area contributed by atoms with Crippen LogP contribution in [0.4, 0.5) is 0 Å². The van der Waals surface area contributed by atoms with Crippen molar-refractivity contribution < 1.29 is 5.11 Å². The summed E-state index contributed by atoms with van der Waals surface area (Å²) < 4.78 is 0. The van der Waals surface area contributed by atoms with Gasteiger partial charge in [-0.2, -0.15) is 0 Å². The number of hydrogen-bond acceptors (Lipinski definition) is 1. The van der Waals surface area contributed by atoms with Gasteiger partial charge in [0.2, 0.25) is 0 Å². The first-order valence-electron chi connectivity index (χ1n) is 8.92. The molecular weight excluding hydrogens is 244 g/mol. The first kappa shape index (κ1) is 13.4. The first-order valence-corrected chi connectivity index (χ1v) is 8.92. The molecular formula is C19H30O. The van der Waals surface area contributed by atoms with Gasteiger partial charge in [-0.3, -0.25) is 0 Å². The summed E-state index contributed by atoms with van der Waals surface area (Å²) in [6, 6.07) is 0. The molecule has 0 heterocycles. The summed E-state index contributed by atoms with van der Waals surface area (Å²) in [7, 11) is 0. The summed E-state index contributed by atoms with van der Waals surface area (Å²) in [5, 5.41) is 11.6. The average Bonchev–Trinajstić information content (AvgIpc) is 2.74. The molecule has 0 saturated heterocycles. The molecule has 4 aliphatic rings. The number of hydrogen-bond donors (Lipinski definition) is 1. The second-order valence-corrected chi connectivity index (χ2v) is 8.67. The van der Waals surface area contributed by atoms with Gasteiger partial charge >= 0.3 is 0 Å². The third-order valence-electron chi connectivity index (χ3n) is 8.01. The van der Waals surface area contributed by atoms with Crippen molar-refractivity contribution in [1.29, 1.82) is 0 Å². The fourth-order valence-electron chi connectivity index (χ4n) is 6.71. The first-order chi connectivity index (χ1) is 9.50. The summed E-state index contributed by atoms with van der Waals surface area (Å²) in [6.45, 7) is 4.90. The lowest BCUT2D eigenvalue weighted by atomic mass is 9.46. The van der Waals surface area contributed by atoms with Gasteiger partial charge in [-0.25, -0.2) is 0 Å². The van der Waals surface area contributed by atoms with Gasteiger partial charge in [0.25, 0.3) is 0 Å². The molecule has 112 valence electrons. The number of rotatable bonds is 0. The molecule has 4 aliphatic carbocycles. The molecule has 0 aliphatic heterocycles. The van der Waals surface area contributed by atoms with E-state index >= 15 is 0 Å². The Morgan fingerprint density at radius 3 is 2.70 bits per heavy atom. The van der Waals surface area contributed by atoms with Crippen molar-refractivity contribution in [1.82, 2.24) is 0 Å². The van der Waals surface area contributed by atoms with Gasteiger partial charge in [-0.05, 0) is 86.9 Å². The Kier molecular flexibility index (Phi) is 2.76. The molecule has 0 unspecified atom stereocenters. The van der Waals surface area contributed by atoms with Crippen molar-refractivity contribution in [2.24, 2.45) is 22.7 Å². The molecule has 1 nitrogen and oxygen atoms in total. The number of allylic oxidation sites excluding steroid dienone is 2. The van der Waals surface area contributed by atoms with Crippen LogP contribution < -0.4 is 0 Å². The summed E-state index contributed by atoms with van der Waals surface area (Å²) >= 11 is 0. The molecule has 4 rings (SSSR count). The minimum absolute atomic E-state index is 0.223. The van der Waals surface area contributed by atoms with E-state index in [1.54, 1.807) is 5.57 Å². The molecule has 20 heavy (non-hydrogen) atoms. The lowest BCUT2D eigenvalue weighted by Crippen LogP contribution is -2.59. The normalized spacial score (nSPS) is 54.6. The number of fused-ring (bicyclic) bond motifs is 5. The van der Waals surface area contributed by atoms with Crippen molar-refractivity contribution in [2.75, 3.05) is 0 Å². The Labute approximate surface area is 123 Å². The smallest absolute Gasteiger partial charge is 0.0732 e. The highest BCUT2D eigenvalue weighted by Crippen LogP contribution is 2.66. The van der Waals surface area contributed by atoms with E-state index in [2.05, 4.69) is 19.9 Å². The minimum Gasteiger partial charge on any atom is -0.389 e. The highest BCUT2D eigenvalue weighted by atomic mass is 16.3. The summed E-state index contributed by atoms with van der Waals surface area (Å²) in [5.41, 5.74) is 2.04. The molecule has 0 spiro atoms. The molecule has 5 atom stereocenters. The van der Waals surface area contributed by atoms with Gasteiger partial charge in [-0.1, -0.05) is 25.5 Å². The van der Waals surface area contributed by atoms with E-state index in [-0.39, 0.29) is 11.0 Å². The highest BCUT2D eigenvalue weighted by molar-refractivity contribution is 5.25. The summed E-state index contributed by atoms with van der Waals surface area (Å²) in [5.74, 6) is 1.32. The van der Waals surface area contributed by atoms with Gasteiger partial charge in [-0.15, -0.1) is 0 Å². The Balaban J connectivity index is 1.74. The molecule has 0 aromatic rings. The minimum atomic E-state index is -0.345. The van der Waals surface area contributed by atoms with E-state index in [1.807, 2.05) is 0 Å². The highest BCUT2D eigenvalue weighted by Gasteiger charge is 2.63. The zero-order chi connectivity index (χ0) is 14.0. The van der Waals surface area contributed by atoms with Gasteiger partial charge in [0.1, 0.15) is 0 Å². The lowest BCUT2D eigenvalue weighted by Gasteiger charge is -2.60. The van der Waals surface area contributed by atoms with Crippen LogP contribution in [0, 0.1) is 22.7 Å². The van der Waals surface area contributed by atoms with Crippen LogP contribution in [-0.2, 0) is 0 Å². The van der Waals surface area contributed by atoms with Gasteiger partial charge in [0, 0.05) is 0 Å². The predicted molar refractivity (Wildman–Crippen MR) is 82.4 cm³/mol. The third kappa shape index (κ3) is 1.48. The quantitative estimate of drug-likeness (QED) is 0.626. The van der Waals surface area contributed by atoms with Crippen LogP contribution in [0.2, 0.25) is 0 Å². The van der Waals surface area contributed by atoms with Crippen LogP contribution in [0.15, 0.2) is 11.6 Å². The maximum absolute atomic E-state index is 11.6. The van der Waals surface area contributed by atoms with E-state index in [0.29, 0.717) is 11.3 Å². The zero-order valence-corrected chi connectivity index (χ0v) is 13.3.